The van der Waals surface area contributed by atoms with E-state index in [1.807, 2.05) is 30.3 Å². The van der Waals surface area contributed by atoms with Gasteiger partial charge in [0, 0.05) is 5.39 Å². The zero-order chi connectivity index (χ0) is 34.2. The number of benzene rings is 2. The van der Waals surface area contributed by atoms with E-state index in [-0.39, 0.29) is 34.8 Å². The number of hydrogen-bond donors (Lipinski definition) is 4. The topological polar surface area (TPSA) is 202 Å². The first kappa shape index (κ1) is 34.0. The van der Waals surface area contributed by atoms with Crippen molar-refractivity contribution in [1.29, 1.82) is 0 Å². The van der Waals surface area contributed by atoms with E-state index in [1.54, 1.807) is 19.1 Å². The Morgan fingerprint density at radius 3 is 2.65 bits per heavy atom. The monoisotopic (exact) mass is 684 g/mol. The molecule has 0 amide bonds. The first-order chi connectivity index (χ1) is 22.9. The number of methoxy groups -OCH3 is 1. The van der Waals surface area contributed by atoms with Crippen molar-refractivity contribution in [1.82, 2.24) is 24.6 Å². The number of nitrogen functional groups attached to an aromatic ring is 1. The summed E-state index contributed by atoms with van der Waals surface area (Å²) in [6.45, 7) is 4.07. The molecular formula is C32H41N6O9P. The molecule has 1 aliphatic carbocycles. The average molecular weight is 685 g/mol. The number of carbonyl (C=O) groups excluding carboxylic acids is 1. The lowest BCUT2D eigenvalue weighted by Crippen LogP contribution is -2.45. The lowest BCUT2D eigenvalue weighted by molar-refractivity contribution is -0.152. The minimum atomic E-state index is -4.37. The van der Waals surface area contributed by atoms with Crippen molar-refractivity contribution in [2.24, 2.45) is 0 Å². The molecule has 0 spiro atoms. The van der Waals surface area contributed by atoms with E-state index in [1.165, 1.54) is 25.5 Å². The fourth-order valence-corrected chi connectivity index (χ4v) is 7.78. The van der Waals surface area contributed by atoms with Crippen LogP contribution in [0.15, 0.2) is 42.5 Å². The number of aromatic nitrogens is 4. The third-order valence-electron chi connectivity index (χ3n) is 8.80. The highest BCUT2D eigenvalue weighted by Crippen LogP contribution is 2.49. The number of esters is 1. The third kappa shape index (κ3) is 6.71. The van der Waals surface area contributed by atoms with E-state index in [0.717, 1.165) is 37.5 Å². The molecule has 5 N–H and O–H groups in total. The van der Waals surface area contributed by atoms with E-state index < -0.39 is 50.4 Å². The first-order valence-electron chi connectivity index (χ1n) is 15.9. The standard InChI is InChI=1S/C32H41N6O9P/c1-18(29(40)45-21-13-6-5-7-14-21)37-48(42,47-23-16-10-12-20-11-8-9-15-22(20)23)44-17-24-26(39)32(3,41)30(46-24)38-19(2)34-25-27(38)35-31(33)36-28(25)43-4/h8-12,15-16,18,21,24,26,30,39,41H,5-7,13-14,17H2,1-4H3,(H,37,42)(H2,33,35,36). The van der Waals surface area contributed by atoms with Crippen molar-refractivity contribution in [3.05, 3.63) is 48.3 Å². The first-order valence-corrected chi connectivity index (χ1v) is 17.5. The molecule has 2 fully saturated rings. The molecule has 2 aromatic heterocycles. The van der Waals surface area contributed by atoms with Gasteiger partial charge in [0.15, 0.2) is 17.4 Å². The molecule has 4 aromatic rings. The van der Waals surface area contributed by atoms with E-state index in [2.05, 4.69) is 20.0 Å². The zero-order valence-electron chi connectivity index (χ0n) is 27.2. The van der Waals surface area contributed by atoms with Crippen LogP contribution in [0, 0.1) is 6.92 Å². The highest BCUT2D eigenvalue weighted by molar-refractivity contribution is 7.52. The summed E-state index contributed by atoms with van der Waals surface area (Å²) in [5.74, 6) is 0.0745. The van der Waals surface area contributed by atoms with Crippen LogP contribution in [0.2, 0.25) is 0 Å². The van der Waals surface area contributed by atoms with Crippen LogP contribution in [0.5, 0.6) is 11.6 Å². The molecule has 1 aliphatic heterocycles. The zero-order valence-corrected chi connectivity index (χ0v) is 28.1. The molecule has 0 radical (unpaired) electrons. The van der Waals surface area contributed by atoms with Gasteiger partial charge in [0.05, 0.1) is 13.7 Å². The van der Waals surface area contributed by atoms with Crippen LogP contribution < -0.4 is 20.1 Å². The Bertz CT molecular complexity index is 1840. The van der Waals surface area contributed by atoms with E-state index >= 15 is 0 Å². The SMILES string of the molecule is COc1nc(N)nc2c1nc(C)n2C1OC(COP(=O)(NC(C)C(=O)OC2CCCCC2)Oc2cccc3ccccc23)C(O)C1(C)O. The Labute approximate surface area is 277 Å². The molecule has 48 heavy (non-hydrogen) atoms. The minimum absolute atomic E-state index is 0.0905. The number of ether oxygens (including phenoxy) is 3. The highest BCUT2D eigenvalue weighted by Gasteiger charge is 2.54. The quantitative estimate of drug-likeness (QED) is 0.131. The van der Waals surface area contributed by atoms with Gasteiger partial charge in [-0.1, -0.05) is 42.8 Å². The van der Waals surface area contributed by atoms with Crippen LogP contribution >= 0.6 is 7.75 Å². The molecule has 6 rings (SSSR count). The molecule has 1 saturated carbocycles. The van der Waals surface area contributed by atoms with Gasteiger partial charge in [-0.3, -0.25) is 13.9 Å². The number of nitrogens with two attached hydrogens (primary N) is 1. The lowest BCUT2D eigenvalue weighted by atomic mass is 9.96. The van der Waals surface area contributed by atoms with Gasteiger partial charge in [-0.05, 0) is 57.9 Å². The molecule has 2 aromatic carbocycles. The van der Waals surface area contributed by atoms with Crippen molar-refractivity contribution >= 4 is 41.6 Å². The number of aliphatic hydroxyl groups excluding tert-OH is 1. The molecule has 3 heterocycles. The number of aryl methyl sites for hydroxylation is 1. The summed E-state index contributed by atoms with van der Waals surface area (Å²) < 4.78 is 45.1. The van der Waals surface area contributed by atoms with E-state index in [9.17, 15) is 19.6 Å². The molecule has 16 heteroatoms. The summed E-state index contributed by atoms with van der Waals surface area (Å²) in [6, 6.07) is 11.6. The van der Waals surface area contributed by atoms with Gasteiger partial charge in [-0.2, -0.15) is 15.1 Å². The molecule has 258 valence electrons. The van der Waals surface area contributed by atoms with Crippen LogP contribution in [0.25, 0.3) is 21.9 Å². The number of rotatable bonds is 11. The normalized spacial score (nSPS) is 25.2. The van der Waals surface area contributed by atoms with Gasteiger partial charge in [0.1, 0.15) is 41.5 Å². The molecule has 6 unspecified atom stereocenters. The number of aliphatic hydroxyl groups is 2. The van der Waals surface area contributed by atoms with Crippen molar-refractivity contribution in [3.63, 3.8) is 0 Å². The Morgan fingerprint density at radius 2 is 1.90 bits per heavy atom. The van der Waals surface area contributed by atoms with Crippen LogP contribution in [-0.2, 0) is 23.4 Å². The number of fused-ring (bicyclic) bond motifs is 2. The Kier molecular flexibility index (Phi) is 9.62. The van der Waals surface area contributed by atoms with Crippen LogP contribution in [0.4, 0.5) is 5.95 Å². The minimum Gasteiger partial charge on any atom is -0.479 e. The Hall–Kier alpha value is -3.85. The van der Waals surface area contributed by atoms with Crippen LogP contribution in [0.3, 0.4) is 0 Å². The lowest BCUT2D eigenvalue weighted by Gasteiger charge is -2.28. The average Bonchev–Trinajstić information content (AvgIpc) is 3.50. The summed E-state index contributed by atoms with van der Waals surface area (Å²) in [5, 5.41) is 27.1. The Balaban J connectivity index is 1.26. The maximum absolute atomic E-state index is 14.5. The maximum atomic E-state index is 14.5. The van der Waals surface area contributed by atoms with Crippen molar-refractivity contribution < 1.29 is 42.8 Å². The summed E-state index contributed by atoms with van der Waals surface area (Å²) in [5.41, 5.74) is 4.50. The van der Waals surface area contributed by atoms with Gasteiger partial charge in [-0.25, -0.2) is 9.55 Å². The second-order valence-corrected chi connectivity index (χ2v) is 14.1. The summed E-state index contributed by atoms with van der Waals surface area (Å²) in [6.07, 6.45) is 0.422. The number of nitrogens with one attached hydrogen (secondary N) is 1. The number of nitrogens with zero attached hydrogens (tertiary/aromatic N) is 4. The molecule has 6 atom stereocenters. The van der Waals surface area contributed by atoms with Gasteiger partial charge in [-0.15, -0.1) is 0 Å². The second kappa shape index (κ2) is 13.6. The second-order valence-electron chi connectivity index (χ2n) is 12.4. The van der Waals surface area contributed by atoms with Gasteiger partial charge < -0.3 is 34.7 Å². The number of hydrogen-bond acceptors (Lipinski definition) is 13. The molecular weight excluding hydrogens is 643 g/mol. The van der Waals surface area contributed by atoms with Crippen molar-refractivity contribution in [3.8, 4) is 11.6 Å². The molecule has 0 bridgehead atoms. The molecule has 1 saturated heterocycles. The fraction of sp³-hybridized carbons (Fsp3) is 0.500. The third-order valence-corrected chi connectivity index (χ3v) is 10.4. The number of imidazole rings is 1. The predicted octanol–water partition coefficient (Wildman–Crippen LogP) is 3.95. The summed E-state index contributed by atoms with van der Waals surface area (Å²) in [7, 11) is -2.96. The van der Waals surface area contributed by atoms with Gasteiger partial charge >= 0.3 is 13.7 Å². The largest absolute Gasteiger partial charge is 0.479 e. The van der Waals surface area contributed by atoms with Gasteiger partial charge in [0.2, 0.25) is 11.8 Å². The number of anilines is 1. The number of carbonyl (C=O) groups is 1. The van der Waals surface area contributed by atoms with E-state index in [4.69, 9.17) is 29.0 Å². The Morgan fingerprint density at radius 1 is 1.17 bits per heavy atom. The van der Waals surface area contributed by atoms with Crippen LogP contribution in [-0.4, -0.2) is 79.4 Å². The maximum Gasteiger partial charge on any atom is 0.459 e. The van der Waals surface area contributed by atoms with Crippen molar-refractivity contribution in [2.45, 2.75) is 89.1 Å². The molecule has 15 nitrogen and oxygen atoms in total. The highest BCUT2D eigenvalue weighted by atomic mass is 31.2. The van der Waals surface area contributed by atoms with Gasteiger partial charge in [0.25, 0.3) is 0 Å². The fourth-order valence-electron chi connectivity index (χ4n) is 6.26. The smallest absolute Gasteiger partial charge is 0.459 e. The molecule has 2 aliphatic rings. The predicted molar refractivity (Wildman–Crippen MR) is 175 cm³/mol. The van der Waals surface area contributed by atoms with Crippen molar-refractivity contribution in [2.75, 3.05) is 19.5 Å². The van der Waals surface area contributed by atoms with Crippen LogP contribution in [0.1, 0.15) is 58.0 Å². The summed E-state index contributed by atoms with van der Waals surface area (Å²) in [4.78, 5) is 25.9. The summed E-state index contributed by atoms with van der Waals surface area (Å²) >= 11 is 0. The van der Waals surface area contributed by atoms with E-state index in [0.29, 0.717) is 11.2 Å².